The van der Waals surface area contributed by atoms with Crippen molar-refractivity contribution in [3.63, 3.8) is 0 Å². The number of amides is 1. The topological polar surface area (TPSA) is 430 Å². The van der Waals surface area contributed by atoms with Crippen molar-refractivity contribution in [2.75, 3.05) is 109 Å². The quantitative estimate of drug-likeness (QED) is 0.0224. The van der Waals surface area contributed by atoms with Crippen molar-refractivity contribution in [2.24, 2.45) is 33.0 Å². The lowest BCUT2D eigenvalue weighted by atomic mass is 9.94. The molecular formula is C65H95N23O10S3. The average molecular weight is 1450 g/mol. The highest BCUT2D eigenvalue weighted by atomic mass is 32.2. The second-order valence-electron chi connectivity index (χ2n) is 26.0. The summed E-state index contributed by atoms with van der Waals surface area (Å²) < 4.78 is 90.0. The lowest BCUT2D eigenvalue weighted by Crippen LogP contribution is -2.43. The van der Waals surface area contributed by atoms with Crippen molar-refractivity contribution in [1.82, 2.24) is 59.0 Å². The Hall–Kier alpha value is -9.33. The largest absolute Gasteiger partial charge is 0.594 e. The van der Waals surface area contributed by atoms with Gasteiger partial charge < -0.3 is 55.9 Å². The third kappa shape index (κ3) is 29.4. The van der Waals surface area contributed by atoms with Gasteiger partial charge in [-0.15, -0.1) is 8.42 Å². The maximum Gasteiger partial charge on any atom is 0.493 e. The number of rotatable bonds is 23. The smallest absolute Gasteiger partial charge is 0.493 e. The maximum atomic E-state index is 12.0. The molecule has 10 N–H and O–H groups in total. The molecule has 0 bridgehead atoms. The molecule has 0 atom stereocenters. The second-order valence-corrected chi connectivity index (χ2v) is 30.4. The van der Waals surface area contributed by atoms with Gasteiger partial charge in [0.05, 0.1) is 0 Å². The zero-order valence-corrected chi connectivity index (χ0v) is 60.8. The number of hydrogen-bond donors (Lipinski definition) is 8. The van der Waals surface area contributed by atoms with E-state index in [1.807, 2.05) is 78.3 Å². The van der Waals surface area contributed by atoms with Gasteiger partial charge in [0.25, 0.3) is 10.2 Å². The molecule has 1 amide bonds. The molecular weight excluding hydrogens is 1360 g/mol. The van der Waals surface area contributed by atoms with Crippen LogP contribution in [0.5, 0.6) is 0 Å². The van der Waals surface area contributed by atoms with Crippen LogP contribution in [0.15, 0.2) is 139 Å². The van der Waals surface area contributed by atoms with Crippen LogP contribution in [0, 0.1) is 17.8 Å². The molecule has 7 aromatic heterocycles. The molecule has 3 aliphatic rings. The van der Waals surface area contributed by atoms with Gasteiger partial charge in [-0.05, 0) is 157 Å². The minimum atomic E-state index is -4.13. The van der Waals surface area contributed by atoms with Gasteiger partial charge in [0.2, 0.25) is 17.8 Å². The summed E-state index contributed by atoms with van der Waals surface area (Å²) in [6.07, 6.45) is 24.9. The Balaban J connectivity index is 0.000000192. The first kappa shape index (κ1) is 79.0. The van der Waals surface area contributed by atoms with Crippen molar-refractivity contribution in [3.8, 4) is 0 Å². The molecule has 101 heavy (non-hydrogen) atoms. The van der Waals surface area contributed by atoms with Gasteiger partial charge in [0.15, 0.2) is 18.5 Å². The molecule has 0 aliphatic carbocycles. The zero-order valence-electron chi connectivity index (χ0n) is 58.3. The van der Waals surface area contributed by atoms with Crippen LogP contribution in [0.1, 0.15) is 99.3 Å². The summed E-state index contributed by atoms with van der Waals surface area (Å²) in [4.78, 5) is 58.8. The molecule has 36 heteroatoms. The van der Waals surface area contributed by atoms with Crippen LogP contribution in [0.3, 0.4) is 0 Å². The van der Waals surface area contributed by atoms with E-state index in [4.69, 9.17) is 20.3 Å². The van der Waals surface area contributed by atoms with E-state index >= 15 is 0 Å². The summed E-state index contributed by atoms with van der Waals surface area (Å²) in [6, 6.07) is 20.2. The van der Waals surface area contributed by atoms with E-state index in [9.17, 15) is 35.2 Å². The van der Waals surface area contributed by atoms with E-state index in [-0.39, 0.29) is 6.54 Å². The summed E-state index contributed by atoms with van der Waals surface area (Å²) >= 11 is 0. The number of ether oxygens (including phenoxy) is 2. The van der Waals surface area contributed by atoms with E-state index in [2.05, 4.69) is 89.3 Å². The van der Waals surface area contributed by atoms with Crippen LogP contribution in [0.2, 0.25) is 0 Å². The van der Waals surface area contributed by atoms with Crippen LogP contribution in [-0.2, 0) is 40.1 Å². The first-order valence-corrected chi connectivity index (χ1v) is 37.5. The molecule has 0 aromatic carbocycles. The van der Waals surface area contributed by atoms with Crippen LogP contribution < -0.4 is 69.7 Å². The third-order valence-electron chi connectivity index (χ3n) is 15.6. The normalized spacial score (nSPS) is 15.1. The fraction of sp³-hybridized carbons (Fsp3) is 0.477. The molecule has 33 nitrogen and oxygen atoms in total. The maximum absolute atomic E-state index is 12.0. The number of aromatic nitrogens is 10. The van der Waals surface area contributed by atoms with Crippen LogP contribution in [0.4, 0.5) is 62.8 Å². The van der Waals surface area contributed by atoms with Crippen molar-refractivity contribution >= 4 is 101 Å². The molecule has 10 rings (SSSR count). The molecule has 0 saturated carbocycles. The molecule has 7 aromatic rings. The fourth-order valence-electron chi connectivity index (χ4n) is 10.6. The number of pyridine rings is 4. The molecule has 10 heterocycles. The number of carbonyl (C=O) groups excluding carboxylic acids is 1. The molecule has 0 radical (unpaired) electrons. The van der Waals surface area contributed by atoms with E-state index in [0.29, 0.717) is 42.6 Å². The Morgan fingerprint density at radius 1 is 0.554 bits per heavy atom. The number of nitrogens with one attached hydrogen (secondary N) is 6. The van der Waals surface area contributed by atoms with Crippen LogP contribution >= 0.6 is 0 Å². The average Bonchev–Trinajstić information content (AvgIpc) is 0.846. The highest BCUT2D eigenvalue weighted by Gasteiger charge is 2.26. The summed E-state index contributed by atoms with van der Waals surface area (Å²) in [7, 11) is -8.01. The van der Waals surface area contributed by atoms with Gasteiger partial charge in [-0.2, -0.15) is 36.5 Å². The van der Waals surface area contributed by atoms with E-state index in [0.717, 1.165) is 134 Å². The highest BCUT2D eigenvalue weighted by Crippen LogP contribution is 2.28. The number of anilines is 10. The molecule has 3 aliphatic heterocycles. The minimum absolute atomic E-state index is 0.246. The van der Waals surface area contributed by atoms with E-state index < -0.39 is 54.0 Å². The van der Waals surface area contributed by atoms with Gasteiger partial charge in [0.1, 0.15) is 23.1 Å². The number of piperidine rings is 3. The zero-order chi connectivity index (χ0) is 73.1. The van der Waals surface area contributed by atoms with Crippen molar-refractivity contribution < 1.29 is 48.6 Å². The number of nitrogens with two attached hydrogens (primary N) is 2. The van der Waals surface area contributed by atoms with Crippen molar-refractivity contribution in [2.45, 2.75) is 111 Å². The monoisotopic (exact) mass is 1450 g/mol. The summed E-state index contributed by atoms with van der Waals surface area (Å²) in [6.45, 7) is 16.8. The van der Waals surface area contributed by atoms with Crippen LogP contribution in [-0.4, -0.2) is 166 Å². The third-order valence-corrected chi connectivity index (χ3v) is 18.4. The lowest BCUT2D eigenvalue weighted by molar-refractivity contribution is -0.511. The standard InChI is InChI=1S/C21H31N7O4S.C16H23N7O2S.C16H22N6.C12H19N3O4S/c1-21(2,3)32-20(29)27-33(30,31)24-13-4-16-8-14-28(15-9-16)18-7-12-23-19(26-18)25-17-5-10-22-11-6-17;17-26(24,25)20-10-1-13-5-11-23(12-6-13)15-4-9-19-16(22-15)21-14-2-7-18-8-3-14;17-7-1-13-5-11-22(12-6-13)15-4-10-19-16(21-15)20-14-2-8-18-9-3-14;1-12(2,3)19-11(16)13-20(17,18)15-8-6-10(7-9-15)14(4)5/h5-7,10-12,16,24H,4,8-9,13-15H2,1-3H3,(H,27,29)(H,22,23,25,26);2-4,7-9,13,20H,1,5-6,10-12H2,(H2,17,24,25)(H,18,19,21,22);2-4,8-10,13H,1,5-7,11-12,17H2,(H,18,19,20,21);6-9H,1-5H3. The Morgan fingerprint density at radius 3 is 1.25 bits per heavy atom. The SMILES string of the molecule is CC(C)(C)OC(=O)NS(=O)(=O)NCCC1CCN(c2ccnc(Nc3ccncc3)n2)CC1.CN(C)c1cc[n+](S(=O)(=O)N=C([O-])OC(C)(C)C)cc1.NCCC1CCN(c2ccnc(Nc3ccncc3)n2)CC1.NS(=O)(=O)NCCC1CCN(c2ccnc(Nc3ccncc3)n2)CC1. The molecule has 548 valence electrons. The van der Waals surface area contributed by atoms with Gasteiger partial charge >= 0.3 is 26.5 Å². The first-order valence-electron chi connectivity index (χ1n) is 33.1. The summed E-state index contributed by atoms with van der Waals surface area (Å²) in [5.41, 5.74) is 7.60. The summed E-state index contributed by atoms with van der Waals surface area (Å²) in [5.74, 6) is 6.03. The van der Waals surface area contributed by atoms with Crippen molar-refractivity contribution in [1.29, 1.82) is 0 Å². The van der Waals surface area contributed by atoms with Gasteiger partial charge in [-0.25, -0.2) is 34.3 Å². The lowest BCUT2D eigenvalue weighted by Gasteiger charge is -2.32. The van der Waals surface area contributed by atoms with Gasteiger partial charge in [-0.3, -0.25) is 15.0 Å². The molecule has 0 unspecified atom stereocenters. The van der Waals surface area contributed by atoms with E-state index in [1.54, 1.807) is 109 Å². The Kier molecular flexibility index (Phi) is 29.7. The Bertz CT molecular complexity index is 4030. The van der Waals surface area contributed by atoms with E-state index in [1.165, 1.54) is 25.2 Å². The predicted molar refractivity (Wildman–Crippen MR) is 387 cm³/mol. The Morgan fingerprint density at radius 2 is 0.911 bits per heavy atom. The Labute approximate surface area is 592 Å². The van der Waals surface area contributed by atoms with Gasteiger partial charge in [0, 0.05) is 163 Å². The summed E-state index contributed by atoms with van der Waals surface area (Å²) in [5, 5.41) is 25.9. The fourth-order valence-corrected chi connectivity index (χ4v) is 12.4. The molecule has 3 saturated heterocycles. The second kappa shape index (κ2) is 37.9. The number of hydrogen-bond acceptors (Lipinski definition) is 27. The number of carbonyl (C=O) groups is 1. The highest BCUT2D eigenvalue weighted by molar-refractivity contribution is 7.88. The minimum Gasteiger partial charge on any atom is -0.594 e. The molecule has 0 spiro atoms. The van der Waals surface area contributed by atoms with Crippen LogP contribution in [0.25, 0.3) is 0 Å². The predicted octanol–water partition coefficient (Wildman–Crippen LogP) is 5.44. The first-order chi connectivity index (χ1) is 47.9. The van der Waals surface area contributed by atoms with Gasteiger partial charge in [-0.1, -0.05) is 29.1 Å². The molecule has 3 fully saturated rings. The number of nitrogens with zero attached hydrogens (tertiary/aromatic N) is 15. The van der Waals surface area contributed by atoms with Crippen molar-refractivity contribution in [3.05, 3.63) is 135 Å².